The van der Waals surface area contributed by atoms with Gasteiger partial charge in [0, 0.05) is 5.69 Å². The Balaban J connectivity index is 2.25. The van der Waals surface area contributed by atoms with Crippen LogP contribution in [0.5, 0.6) is 5.75 Å². The summed E-state index contributed by atoms with van der Waals surface area (Å²) in [5.41, 5.74) is 2.69. The van der Waals surface area contributed by atoms with Crippen LogP contribution in [0.25, 0.3) is 16.7 Å². The van der Waals surface area contributed by atoms with E-state index in [4.69, 9.17) is 27.9 Å². The third-order valence-electron chi connectivity index (χ3n) is 3.16. The zero-order valence-corrected chi connectivity index (χ0v) is 12.3. The molecular formula is C15H12Cl2N2O. The molecule has 0 amide bonds. The van der Waals surface area contributed by atoms with Crippen molar-refractivity contribution in [3.8, 4) is 11.4 Å². The third kappa shape index (κ3) is 2.13. The molecule has 3 aromatic rings. The average Bonchev–Trinajstić information content (AvgIpc) is 2.87. The summed E-state index contributed by atoms with van der Waals surface area (Å²) in [7, 11) is 1.64. The Morgan fingerprint density at radius 1 is 1.15 bits per heavy atom. The van der Waals surface area contributed by atoms with Crippen LogP contribution in [-0.2, 0) is 5.88 Å². The second-order valence-corrected chi connectivity index (χ2v) is 4.98. The molecule has 0 aliphatic heterocycles. The van der Waals surface area contributed by atoms with E-state index < -0.39 is 0 Å². The Labute approximate surface area is 126 Å². The van der Waals surface area contributed by atoms with Crippen molar-refractivity contribution < 1.29 is 4.74 Å². The number of para-hydroxylation sites is 1. The molecule has 0 bridgehead atoms. The zero-order valence-electron chi connectivity index (χ0n) is 10.8. The molecule has 0 aliphatic carbocycles. The number of hydrogen-bond acceptors (Lipinski definition) is 2. The minimum Gasteiger partial charge on any atom is -0.497 e. The van der Waals surface area contributed by atoms with Gasteiger partial charge >= 0.3 is 0 Å². The van der Waals surface area contributed by atoms with Crippen LogP contribution in [0.2, 0.25) is 5.02 Å². The van der Waals surface area contributed by atoms with Gasteiger partial charge in [0.2, 0.25) is 0 Å². The number of alkyl halides is 1. The van der Waals surface area contributed by atoms with Crippen molar-refractivity contribution in [3.63, 3.8) is 0 Å². The largest absolute Gasteiger partial charge is 0.497 e. The zero-order chi connectivity index (χ0) is 14.1. The highest BCUT2D eigenvalue weighted by Crippen LogP contribution is 2.28. The van der Waals surface area contributed by atoms with Gasteiger partial charge in [0.1, 0.15) is 17.1 Å². The summed E-state index contributed by atoms with van der Waals surface area (Å²) < 4.78 is 7.19. The summed E-state index contributed by atoms with van der Waals surface area (Å²) in [6.45, 7) is 0. The molecule has 0 fully saturated rings. The van der Waals surface area contributed by atoms with Gasteiger partial charge in [-0.15, -0.1) is 11.6 Å². The second-order valence-electron chi connectivity index (χ2n) is 4.30. The number of nitrogens with zero attached hydrogens (tertiary/aromatic N) is 2. The first-order chi connectivity index (χ1) is 9.74. The maximum absolute atomic E-state index is 6.20. The molecule has 1 heterocycles. The van der Waals surface area contributed by atoms with Gasteiger partial charge in [-0.1, -0.05) is 17.7 Å². The maximum atomic E-state index is 6.20. The topological polar surface area (TPSA) is 27.1 Å². The Hall–Kier alpha value is -1.71. The maximum Gasteiger partial charge on any atom is 0.129 e. The number of benzene rings is 2. The molecule has 0 spiro atoms. The second kappa shape index (κ2) is 5.35. The first-order valence-electron chi connectivity index (χ1n) is 6.11. The van der Waals surface area contributed by atoms with E-state index in [0.29, 0.717) is 10.9 Å². The number of rotatable bonds is 3. The molecule has 3 nitrogen and oxygen atoms in total. The monoisotopic (exact) mass is 306 g/mol. The van der Waals surface area contributed by atoms with Crippen LogP contribution in [0.3, 0.4) is 0 Å². The summed E-state index contributed by atoms with van der Waals surface area (Å²) >= 11 is 12.2. The van der Waals surface area contributed by atoms with Crippen molar-refractivity contribution in [2.24, 2.45) is 0 Å². The summed E-state index contributed by atoms with van der Waals surface area (Å²) in [6, 6.07) is 13.5. The van der Waals surface area contributed by atoms with Gasteiger partial charge in [0.25, 0.3) is 0 Å². The molecule has 102 valence electrons. The van der Waals surface area contributed by atoms with Crippen LogP contribution in [0.15, 0.2) is 42.5 Å². The van der Waals surface area contributed by atoms with E-state index in [2.05, 4.69) is 4.98 Å². The summed E-state index contributed by atoms with van der Waals surface area (Å²) in [5.74, 6) is 1.89. The molecule has 3 rings (SSSR count). The molecule has 20 heavy (non-hydrogen) atoms. The number of fused-ring (bicyclic) bond motifs is 1. The van der Waals surface area contributed by atoms with E-state index in [1.165, 1.54) is 0 Å². The van der Waals surface area contributed by atoms with Crippen LogP contribution in [-0.4, -0.2) is 16.7 Å². The number of hydrogen-bond donors (Lipinski definition) is 0. The Morgan fingerprint density at radius 3 is 2.55 bits per heavy atom. The average molecular weight is 307 g/mol. The molecule has 0 saturated carbocycles. The van der Waals surface area contributed by atoms with Crippen LogP contribution < -0.4 is 4.74 Å². The van der Waals surface area contributed by atoms with E-state index in [0.717, 1.165) is 28.3 Å². The van der Waals surface area contributed by atoms with Crippen molar-refractivity contribution in [2.45, 2.75) is 5.88 Å². The minimum atomic E-state index is 0.317. The molecule has 0 atom stereocenters. The standard InChI is InChI=1S/C15H12Cl2N2O/c1-20-11-7-5-10(6-8-11)19-13-4-2-3-12(17)15(13)18-14(19)9-16/h2-8H,9H2,1H3. The minimum absolute atomic E-state index is 0.317. The summed E-state index contributed by atoms with van der Waals surface area (Å²) in [6.07, 6.45) is 0. The molecule has 0 radical (unpaired) electrons. The molecule has 0 aliphatic rings. The number of imidazole rings is 1. The van der Waals surface area contributed by atoms with Gasteiger partial charge in [0.05, 0.1) is 23.5 Å². The molecule has 0 N–H and O–H groups in total. The first-order valence-corrected chi connectivity index (χ1v) is 7.02. The van der Waals surface area contributed by atoms with E-state index in [1.807, 2.05) is 47.0 Å². The van der Waals surface area contributed by atoms with Crippen molar-refractivity contribution in [1.82, 2.24) is 9.55 Å². The van der Waals surface area contributed by atoms with Crippen LogP contribution in [0, 0.1) is 0 Å². The van der Waals surface area contributed by atoms with Crippen LogP contribution >= 0.6 is 23.2 Å². The lowest BCUT2D eigenvalue weighted by Gasteiger charge is -2.08. The predicted octanol–water partition coefficient (Wildman–Crippen LogP) is 4.43. The van der Waals surface area contributed by atoms with Crippen molar-refractivity contribution in [1.29, 1.82) is 0 Å². The summed E-state index contributed by atoms with van der Waals surface area (Å²) in [5, 5.41) is 0.626. The molecule has 1 aromatic heterocycles. The van der Waals surface area contributed by atoms with Crippen LogP contribution in [0.1, 0.15) is 5.82 Å². The van der Waals surface area contributed by atoms with E-state index in [-0.39, 0.29) is 0 Å². The molecule has 0 saturated heterocycles. The fourth-order valence-corrected chi connectivity index (χ4v) is 2.61. The number of methoxy groups -OCH3 is 1. The third-order valence-corrected chi connectivity index (χ3v) is 3.70. The van der Waals surface area contributed by atoms with Gasteiger partial charge in [-0.05, 0) is 36.4 Å². The number of aromatic nitrogens is 2. The smallest absolute Gasteiger partial charge is 0.129 e. The SMILES string of the molecule is COc1ccc(-n2c(CCl)nc3c(Cl)cccc32)cc1. The van der Waals surface area contributed by atoms with Gasteiger partial charge in [-0.25, -0.2) is 4.98 Å². The normalized spacial score (nSPS) is 10.9. The number of ether oxygens (including phenoxy) is 1. The van der Waals surface area contributed by atoms with E-state index >= 15 is 0 Å². The highest BCUT2D eigenvalue weighted by Gasteiger charge is 2.13. The Kier molecular flexibility index (Phi) is 3.55. The van der Waals surface area contributed by atoms with E-state index in [1.54, 1.807) is 7.11 Å². The lowest BCUT2D eigenvalue weighted by molar-refractivity contribution is 0.414. The summed E-state index contributed by atoms with van der Waals surface area (Å²) in [4.78, 5) is 4.52. The quantitative estimate of drug-likeness (QED) is 0.669. The lowest BCUT2D eigenvalue weighted by Crippen LogP contribution is -1.99. The molecular weight excluding hydrogens is 295 g/mol. The van der Waals surface area contributed by atoms with E-state index in [9.17, 15) is 0 Å². The van der Waals surface area contributed by atoms with Crippen molar-refractivity contribution in [3.05, 3.63) is 53.3 Å². The number of halogens is 2. The van der Waals surface area contributed by atoms with Gasteiger partial charge in [0.15, 0.2) is 0 Å². The van der Waals surface area contributed by atoms with Gasteiger partial charge in [-0.2, -0.15) is 0 Å². The highest BCUT2D eigenvalue weighted by molar-refractivity contribution is 6.35. The molecule has 0 unspecified atom stereocenters. The first kappa shape index (κ1) is 13.3. The molecule has 2 aromatic carbocycles. The highest BCUT2D eigenvalue weighted by atomic mass is 35.5. The van der Waals surface area contributed by atoms with Crippen molar-refractivity contribution in [2.75, 3.05) is 7.11 Å². The Morgan fingerprint density at radius 2 is 1.90 bits per heavy atom. The van der Waals surface area contributed by atoms with Gasteiger partial charge in [-0.3, -0.25) is 4.57 Å². The van der Waals surface area contributed by atoms with Crippen LogP contribution in [0.4, 0.5) is 0 Å². The lowest BCUT2D eigenvalue weighted by atomic mass is 10.2. The predicted molar refractivity (Wildman–Crippen MR) is 82.2 cm³/mol. The fraction of sp³-hybridized carbons (Fsp3) is 0.133. The molecule has 5 heteroatoms. The van der Waals surface area contributed by atoms with Gasteiger partial charge < -0.3 is 4.74 Å². The fourth-order valence-electron chi connectivity index (χ4n) is 2.22. The Bertz CT molecular complexity index is 750. The van der Waals surface area contributed by atoms with Crippen molar-refractivity contribution >= 4 is 34.2 Å².